The molecule has 0 aromatic heterocycles. The second kappa shape index (κ2) is 8.59. The van der Waals surface area contributed by atoms with E-state index in [9.17, 15) is 0 Å². The van der Waals surface area contributed by atoms with E-state index in [0.29, 0.717) is 5.41 Å². The van der Waals surface area contributed by atoms with Crippen LogP contribution < -0.4 is 0 Å². The summed E-state index contributed by atoms with van der Waals surface area (Å²) in [6, 6.07) is 0. The molecule has 2 unspecified atom stereocenters. The topological polar surface area (TPSA) is 3.24 Å². The third-order valence-electron chi connectivity index (χ3n) is 3.98. The fourth-order valence-corrected chi connectivity index (χ4v) is 3.01. The number of hydrogen-bond acceptors (Lipinski definition) is 1. The summed E-state index contributed by atoms with van der Waals surface area (Å²) in [6.07, 6.45) is 13.9. The van der Waals surface area contributed by atoms with Gasteiger partial charge in [0.2, 0.25) is 0 Å². The van der Waals surface area contributed by atoms with E-state index >= 15 is 0 Å². The van der Waals surface area contributed by atoms with Gasteiger partial charge < -0.3 is 4.90 Å². The lowest BCUT2D eigenvalue weighted by atomic mass is 9.92. The molecule has 0 radical (unpaired) electrons. The van der Waals surface area contributed by atoms with Gasteiger partial charge in [-0.25, -0.2) is 0 Å². The second-order valence-electron chi connectivity index (χ2n) is 6.52. The van der Waals surface area contributed by atoms with Crippen molar-refractivity contribution < 1.29 is 0 Å². The zero-order valence-electron chi connectivity index (χ0n) is 13.2. The minimum Gasteiger partial charge on any atom is -0.303 e. The number of nitrogens with zero attached hydrogens (tertiary/aromatic N) is 1. The van der Waals surface area contributed by atoms with Gasteiger partial charge in [0.15, 0.2) is 0 Å². The highest BCUT2D eigenvalue weighted by Crippen LogP contribution is 2.38. The monoisotopic (exact) mass is 251 g/mol. The highest BCUT2D eigenvalue weighted by atomic mass is 15.2. The Morgan fingerprint density at radius 2 is 1.44 bits per heavy atom. The number of hydrogen-bond donors (Lipinski definition) is 0. The number of terminal acetylenes is 1. The fraction of sp³-hybridized carbons (Fsp3) is 0.882. The Balaban J connectivity index is 0.000000659. The second-order valence-corrected chi connectivity index (χ2v) is 6.52. The average molecular weight is 251 g/mol. The van der Waals surface area contributed by atoms with Crippen LogP contribution in [0.2, 0.25) is 0 Å². The first kappa shape index (κ1) is 17.5. The Bertz CT molecular complexity index is 211. The molecule has 2 aliphatic rings. The van der Waals surface area contributed by atoms with Crippen molar-refractivity contribution in [1.29, 1.82) is 0 Å². The number of fused-ring (bicyclic) bond motifs is 1. The lowest BCUT2D eigenvalue weighted by Gasteiger charge is -2.23. The summed E-state index contributed by atoms with van der Waals surface area (Å²) in [6.45, 7) is 15.2. The highest BCUT2D eigenvalue weighted by Gasteiger charge is 2.35. The summed E-state index contributed by atoms with van der Waals surface area (Å²) in [4.78, 5) is 2.71. The van der Waals surface area contributed by atoms with E-state index in [-0.39, 0.29) is 0 Å². The van der Waals surface area contributed by atoms with E-state index < -0.39 is 0 Å². The van der Waals surface area contributed by atoms with Crippen LogP contribution in [-0.2, 0) is 0 Å². The summed E-state index contributed by atoms with van der Waals surface area (Å²) < 4.78 is 0. The van der Waals surface area contributed by atoms with Crippen molar-refractivity contribution >= 4 is 0 Å². The quantitative estimate of drug-likeness (QED) is 0.656. The molecule has 1 aliphatic heterocycles. The Hall–Kier alpha value is -0.480. The van der Waals surface area contributed by atoms with Crippen molar-refractivity contribution in [2.24, 2.45) is 17.3 Å². The minimum atomic E-state index is 0.512. The Morgan fingerprint density at radius 3 is 1.83 bits per heavy atom. The van der Waals surface area contributed by atoms with Crippen LogP contribution >= 0.6 is 0 Å². The van der Waals surface area contributed by atoms with Gasteiger partial charge in [-0.1, -0.05) is 41.0 Å². The molecule has 1 heterocycles. The Labute approximate surface area is 115 Å². The maximum Gasteiger partial charge on any atom is 0.00129 e. The molecule has 1 heteroatoms. The molecule has 2 rings (SSSR count). The first-order valence-electron chi connectivity index (χ1n) is 7.60. The van der Waals surface area contributed by atoms with Gasteiger partial charge in [-0.05, 0) is 43.1 Å². The molecular weight excluding hydrogens is 218 g/mol. The third kappa shape index (κ3) is 5.91. The molecule has 2 fully saturated rings. The minimum absolute atomic E-state index is 0.512. The van der Waals surface area contributed by atoms with Crippen molar-refractivity contribution in [3.63, 3.8) is 0 Å². The summed E-state index contributed by atoms with van der Waals surface area (Å²) in [5, 5.41) is 0. The molecule has 1 nitrogen and oxygen atoms in total. The van der Waals surface area contributed by atoms with Crippen LogP contribution in [0.25, 0.3) is 0 Å². The molecule has 106 valence electrons. The van der Waals surface area contributed by atoms with Crippen molar-refractivity contribution in [1.82, 2.24) is 4.90 Å². The van der Waals surface area contributed by atoms with Crippen LogP contribution in [0.3, 0.4) is 0 Å². The van der Waals surface area contributed by atoms with Gasteiger partial charge in [-0.3, -0.25) is 0 Å². The summed E-state index contributed by atoms with van der Waals surface area (Å²) in [5.41, 5.74) is 0.512. The Morgan fingerprint density at radius 1 is 1.00 bits per heavy atom. The largest absolute Gasteiger partial charge is 0.303 e. The van der Waals surface area contributed by atoms with Gasteiger partial charge in [0.05, 0.1) is 0 Å². The van der Waals surface area contributed by atoms with E-state index in [0.717, 1.165) is 11.8 Å². The third-order valence-corrected chi connectivity index (χ3v) is 3.98. The first-order valence-corrected chi connectivity index (χ1v) is 7.60. The molecule has 0 N–H and O–H groups in total. The van der Waals surface area contributed by atoms with E-state index in [1.807, 2.05) is 13.8 Å². The van der Waals surface area contributed by atoms with Crippen molar-refractivity contribution in [2.75, 3.05) is 19.6 Å². The summed E-state index contributed by atoms with van der Waals surface area (Å²) in [5.74, 6) is 2.13. The van der Waals surface area contributed by atoms with E-state index in [1.54, 1.807) is 0 Å². The molecule has 0 aromatic rings. The number of rotatable bonds is 2. The van der Waals surface area contributed by atoms with Gasteiger partial charge in [-0.15, -0.1) is 12.8 Å². The van der Waals surface area contributed by atoms with Crippen LogP contribution in [0, 0.1) is 30.1 Å². The van der Waals surface area contributed by atoms with Gasteiger partial charge >= 0.3 is 0 Å². The molecule has 1 aliphatic carbocycles. The molecule has 0 aromatic carbocycles. The van der Waals surface area contributed by atoms with E-state index in [4.69, 9.17) is 0 Å². The molecule has 2 atom stereocenters. The smallest absolute Gasteiger partial charge is 0.00129 e. The lowest BCUT2D eigenvalue weighted by molar-refractivity contribution is 0.251. The van der Waals surface area contributed by atoms with Gasteiger partial charge in [0.25, 0.3) is 0 Å². The first-order chi connectivity index (χ1) is 8.54. The van der Waals surface area contributed by atoms with Crippen molar-refractivity contribution in [2.45, 2.75) is 60.3 Å². The van der Waals surface area contributed by atoms with Crippen LogP contribution in [0.4, 0.5) is 0 Å². The highest BCUT2D eigenvalue weighted by molar-refractivity contribution is 4.88. The normalized spacial score (nSPS) is 26.6. The molecule has 0 bridgehead atoms. The van der Waals surface area contributed by atoms with Crippen LogP contribution in [0.5, 0.6) is 0 Å². The van der Waals surface area contributed by atoms with Crippen molar-refractivity contribution in [3.05, 3.63) is 0 Å². The van der Waals surface area contributed by atoms with Crippen molar-refractivity contribution in [3.8, 4) is 12.8 Å². The molecule has 1 saturated carbocycles. The van der Waals surface area contributed by atoms with Crippen LogP contribution in [0.1, 0.15) is 60.3 Å². The van der Waals surface area contributed by atoms with E-state index in [1.165, 1.54) is 45.3 Å². The average Bonchev–Trinajstić information content (AvgIpc) is 2.91. The molecule has 0 spiro atoms. The SMILES string of the molecule is C#C.CC.CC(C)(C)CCN1CC2CCCC2C1. The molecule has 1 saturated heterocycles. The fourth-order valence-electron chi connectivity index (χ4n) is 3.01. The van der Waals surface area contributed by atoms with Gasteiger partial charge in [0.1, 0.15) is 0 Å². The lowest BCUT2D eigenvalue weighted by Crippen LogP contribution is -2.26. The Kier molecular flexibility index (Phi) is 8.36. The van der Waals surface area contributed by atoms with E-state index in [2.05, 4.69) is 38.5 Å². The predicted octanol–water partition coefficient (Wildman–Crippen LogP) is 4.43. The zero-order chi connectivity index (χ0) is 14.2. The summed E-state index contributed by atoms with van der Waals surface area (Å²) >= 11 is 0. The molecule has 18 heavy (non-hydrogen) atoms. The molecular formula is C17H33N. The van der Waals surface area contributed by atoms with Crippen LogP contribution in [0.15, 0.2) is 0 Å². The number of likely N-dealkylation sites (tertiary alicyclic amines) is 1. The molecule has 0 amide bonds. The standard InChI is InChI=1S/C13H25N.C2H6.C2H2/c1-13(2,3)7-8-14-9-11-5-4-6-12(11)10-14;2*1-2/h11-12H,4-10H2,1-3H3;1-2H3;1-2H. The maximum absolute atomic E-state index is 4.00. The van der Waals surface area contributed by atoms with Gasteiger partial charge in [-0.2, -0.15) is 0 Å². The van der Waals surface area contributed by atoms with Gasteiger partial charge in [0, 0.05) is 13.1 Å². The predicted molar refractivity (Wildman–Crippen MR) is 82.6 cm³/mol. The zero-order valence-corrected chi connectivity index (χ0v) is 13.2. The van der Waals surface area contributed by atoms with Crippen LogP contribution in [-0.4, -0.2) is 24.5 Å². The maximum atomic E-state index is 4.00. The summed E-state index contributed by atoms with van der Waals surface area (Å²) in [7, 11) is 0.